The van der Waals surface area contributed by atoms with Crippen LogP contribution < -0.4 is 0 Å². The maximum Gasteiger partial charge on any atom is 0.331 e. The van der Waals surface area contributed by atoms with E-state index in [0.717, 1.165) is 6.08 Å². The number of rotatable bonds is 1. The van der Waals surface area contributed by atoms with Crippen molar-refractivity contribution in [3.63, 3.8) is 0 Å². The summed E-state index contributed by atoms with van der Waals surface area (Å²) < 4.78 is 0. The van der Waals surface area contributed by atoms with Gasteiger partial charge in [0.25, 0.3) is 0 Å². The van der Waals surface area contributed by atoms with E-state index in [4.69, 9.17) is 10.2 Å². The number of aliphatic hydroxyl groups is 1. The van der Waals surface area contributed by atoms with Crippen LogP contribution in [0.4, 0.5) is 0 Å². The van der Waals surface area contributed by atoms with E-state index in [0.29, 0.717) is 0 Å². The molecule has 0 aliphatic rings. The van der Waals surface area contributed by atoms with Crippen LogP contribution in [0.1, 0.15) is 6.92 Å². The zero-order valence-electron chi connectivity index (χ0n) is 3.88. The van der Waals surface area contributed by atoms with Crippen LogP contribution in [0, 0.1) is 0 Å². The van der Waals surface area contributed by atoms with Crippen molar-refractivity contribution < 1.29 is 15.0 Å². The number of aliphatic carboxylic acids is 1. The van der Waals surface area contributed by atoms with Crippen molar-refractivity contribution in [3.8, 4) is 0 Å². The molecule has 0 rings (SSSR count). The summed E-state index contributed by atoms with van der Waals surface area (Å²) in [7, 11) is 0. The fraction of sp³-hybridized carbons (Fsp3) is 0.250. The molecule has 7 heavy (non-hydrogen) atoms. The summed E-state index contributed by atoms with van der Waals surface area (Å²) >= 11 is 0. The van der Waals surface area contributed by atoms with Gasteiger partial charge in [0.15, 0.2) is 0 Å². The van der Waals surface area contributed by atoms with Crippen LogP contribution in [0.2, 0.25) is 0 Å². The highest BCUT2D eigenvalue weighted by molar-refractivity contribution is 5.80. The van der Waals surface area contributed by atoms with Crippen molar-refractivity contribution in [1.29, 1.82) is 0 Å². The zero-order chi connectivity index (χ0) is 5.86. The maximum absolute atomic E-state index is 9.57. The number of hydrogen-bond acceptors (Lipinski definition) is 2. The molecule has 0 saturated carbocycles. The monoisotopic (exact) mass is 102 g/mol. The highest BCUT2D eigenvalue weighted by atomic mass is 16.4. The molecule has 0 spiro atoms. The van der Waals surface area contributed by atoms with Crippen molar-refractivity contribution in [3.05, 3.63) is 11.8 Å². The van der Waals surface area contributed by atoms with Crippen LogP contribution in [0.15, 0.2) is 11.8 Å². The summed E-state index contributed by atoms with van der Waals surface area (Å²) in [6.45, 7) is 1.30. The van der Waals surface area contributed by atoms with Crippen molar-refractivity contribution in [2.75, 3.05) is 0 Å². The van der Waals surface area contributed by atoms with Gasteiger partial charge < -0.3 is 10.2 Å². The second-order valence-corrected chi connectivity index (χ2v) is 1.12. The van der Waals surface area contributed by atoms with Gasteiger partial charge in [-0.3, -0.25) is 0 Å². The zero-order valence-corrected chi connectivity index (χ0v) is 3.88. The smallest absolute Gasteiger partial charge is 0.331 e. The topological polar surface area (TPSA) is 57.5 Å². The summed E-state index contributed by atoms with van der Waals surface area (Å²) in [4.78, 5) is 9.57. The van der Waals surface area contributed by atoms with Gasteiger partial charge in [0.1, 0.15) is 0 Å². The predicted octanol–water partition coefficient (Wildman–Crippen LogP) is 0.533. The molecule has 40 valence electrons. The molecule has 0 aromatic heterocycles. The lowest BCUT2D eigenvalue weighted by atomic mass is 10.5. The Hall–Kier alpha value is -0.990. The van der Waals surface area contributed by atoms with Crippen molar-refractivity contribution in [1.82, 2.24) is 0 Å². The summed E-state index contributed by atoms with van der Waals surface area (Å²) in [5.41, 5.74) is 0. The van der Waals surface area contributed by atoms with Crippen molar-refractivity contribution in [2.24, 2.45) is 0 Å². The summed E-state index contributed by atoms with van der Waals surface area (Å²) in [6.07, 6.45) is 0.722. The molecule has 0 aromatic rings. The minimum absolute atomic E-state index is 0.187. The van der Waals surface area contributed by atoms with Crippen LogP contribution in [-0.4, -0.2) is 16.2 Å². The van der Waals surface area contributed by atoms with Gasteiger partial charge in [-0.25, -0.2) is 4.79 Å². The Morgan fingerprint density at radius 1 is 1.57 bits per heavy atom. The average Bonchev–Trinajstić information content (AvgIpc) is 1.27. The Morgan fingerprint density at radius 2 is 2.00 bits per heavy atom. The van der Waals surface area contributed by atoms with E-state index in [9.17, 15) is 4.79 Å². The fourth-order valence-electron chi connectivity index (χ4n) is 0.179. The first-order valence-corrected chi connectivity index (χ1v) is 1.73. The molecular weight excluding hydrogens is 96.0 g/mol. The Kier molecular flexibility index (Phi) is 1.91. The molecule has 3 nitrogen and oxygen atoms in total. The number of hydrogen-bond donors (Lipinski definition) is 2. The number of carboxylic acid groups (broad SMARTS) is 1. The lowest BCUT2D eigenvalue weighted by molar-refractivity contribution is -0.131. The summed E-state index contributed by atoms with van der Waals surface area (Å²) in [5, 5.41) is 16.1. The Balaban J connectivity index is 3.68. The number of carboxylic acids is 1. The van der Waals surface area contributed by atoms with Gasteiger partial charge in [-0.2, -0.15) is 0 Å². The van der Waals surface area contributed by atoms with Gasteiger partial charge in [-0.15, -0.1) is 0 Å². The Labute approximate surface area is 40.9 Å². The van der Waals surface area contributed by atoms with E-state index in [1.807, 2.05) is 0 Å². The summed E-state index contributed by atoms with van der Waals surface area (Å²) in [6, 6.07) is 0. The lowest BCUT2D eigenvalue weighted by Crippen LogP contribution is -1.87. The molecule has 0 saturated heterocycles. The fourth-order valence-corrected chi connectivity index (χ4v) is 0.179. The number of allylic oxidation sites excluding steroid dienone is 1. The van der Waals surface area contributed by atoms with Crippen molar-refractivity contribution in [2.45, 2.75) is 6.92 Å². The molecule has 0 unspecified atom stereocenters. The second kappa shape index (κ2) is 2.23. The molecule has 0 fully saturated rings. The third-order valence-corrected chi connectivity index (χ3v) is 0.332. The molecule has 2 N–H and O–H groups in total. The molecule has 0 amide bonds. The van der Waals surface area contributed by atoms with E-state index in [1.54, 1.807) is 0 Å². The van der Waals surface area contributed by atoms with Crippen molar-refractivity contribution >= 4 is 5.97 Å². The van der Waals surface area contributed by atoms with Gasteiger partial charge >= 0.3 is 5.97 Å². The first-order valence-electron chi connectivity index (χ1n) is 1.73. The normalized spacial score (nSPS) is 11.3. The molecular formula is C4H6O3. The third kappa shape index (κ3) is 5.01. The Morgan fingerprint density at radius 3 is 2.00 bits per heavy atom. The molecule has 0 radical (unpaired) electrons. The molecule has 0 aliphatic heterocycles. The van der Waals surface area contributed by atoms with E-state index in [-0.39, 0.29) is 5.76 Å². The van der Waals surface area contributed by atoms with Gasteiger partial charge in [0, 0.05) is 0 Å². The molecule has 0 aromatic carbocycles. The Bertz CT molecular complexity index is 99.5. The van der Waals surface area contributed by atoms with Gasteiger partial charge in [-0.05, 0) is 6.92 Å². The molecule has 0 bridgehead atoms. The molecule has 0 atom stereocenters. The first kappa shape index (κ1) is 6.01. The van der Waals surface area contributed by atoms with Crippen LogP contribution in [-0.2, 0) is 4.79 Å². The predicted molar refractivity (Wildman–Crippen MR) is 24.0 cm³/mol. The maximum atomic E-state index is 9.57. The number of carbonyl (C=O) groups is 1. The van der Waals surface area contributed by atoms with Crippen LogP contribution in [0.3, 0.4) is 0 Å². The minimum Gasteiger partial charge on any atom is -0.512 e. The standard InChI is InChI=1S/C4H6O3/c1-3(5)2-4(6)7/h2,5H,1H3,(H,6,7). The molecule has 3 heteroatoms. The van der Waals surface area contributed by atoms with Gasteiger partial charge in [0.05, 0.1) is 11.8 Å². The van der Waals surface area contributed by atoms with E-state index in [2.05, 4.69) is 0 Å². The van der Waals surface area contributed by atoms with Crippen LogP contribution in [0.5, 0.6) is 0 Å². The minimum atomic E-state index is -1.12. The number of aliphatic hydroxyl groups excluding tert-OH is 1. The molecule has 0 aliphatic carbocycles. The first-order chi connectivity index (χ1) is 3.13. The van der Waals surface area contributed by atoms with E-state index >= 15 is 0 Å². The van der Waals surface area contributed by atoms with Gasteiger partial charge in [-0.1, -0.05) is 0 Å². The summed E-state index contributed by atoms with van der Waals surface area (Å²) in [5.74, 6) is -1.31. The van der Waals surface area contributed by atoms with E-state index < -0.39 is 5.97 Å². The van der Waals surface area contributed by atoms with E-state index in [1.165, 1.54) is 6.92 Å². The quantitative estimate of drug-likeness (QED) is 0.375. The lowest BCUT2D eigenvalue weighted by Gasteiger charge is -1.79. The SMILES string of the molecule is CC(O)=CC(=O)O. The highest BCUT2D eigenvalue weighted by Crippen LogP contribution is 1.80. The van der Waals surface area contributed by atoms with Gasteiger partial charge in [0.2, 0.25) is 0 Å². The second-order valence-electron chi connectivity index (χ2n) is 1.12. The third-order valence-electron chi connectivity index (χ3n) is 0.332. The largest absolute Gasteiger partial charge is 0.512 e. The van der Waals surface area contributed by atoms with Crippen LogP contribution >= 0.6 is 0 Å². The van der Waals surface area contributed by atoms with Crippen LogP contribution in [0.25, 0.3) is 0 Å². The average molecular weight is 102 g/mol. The highest BCUT2D eigenvalue weighted by Gasteiger charge is 1.86. The molecule has 0 heterocycles.